The first-order chi connectivity index (χ1) is 19.1. The van der Waals surface area contributed by atoms with Gasteiger partial charge >= 0.3 is 12.0 Å². The number of aromatic nitrogens is 1. The highest BCUT2D eigenvalue weighted by molar-refractivity contribution is 5.96. The number of rotatable bonds is 9. The van der Waals surface area contributed by atoms with Crippen molar-refractivity contribution in [3.05, 3.63) is 132 Å². The number of amides is 2. The number of anilines is 1. The van der Waals surface area contributed by atoms with Crippen LogP contribution in [-0.2, 0) is 11.2 Å². The van der Waals surface area contributed by atoms with Gasteiger partial charge in [-0.2, -0.15) is 0 Å². The Morgan fingerprint density at radius 3 is 2.21 bits per heavy atom. The number of H-pyrrole nitrogens is 1. The first-order valence-corrected chi connectivity index (χ1v) is 12.7. The molecular formula is C32H29N3O4. The van der Waals surface area contributed by atoms with Gasteiger partial charge in [0.15, 0.2) is 0 Å². The molecule has 2 amide bonds. The molecule has 3 N–H and O–H groups in total. The molecular weight excluding hydrogens is 490 g/mol. The predicted octanol–water partition coefficient (Wildman–Crippen LogP) is 6.49. The minimum Gasteiger partial charge on any atom is -0.480 e. The van der Waals surface area contributed by atoms with Crippen LogP contribution < -0.4 is 15.4 Å². The quantitative estimate of drug-likeness (QED) is 0.194. The Balaban J connectivity index is 1.30. The van der Waals surface area contributed by atoms with Crippen molar-refractivity contribution in [1.29, 1.82) is 0 Å². The number of carbonyl (C=O) groups excluding carboxylic acids is 2. The lowest BCUT2D eigenvalue weighted by Gasteiger charge is -2.22. The van der Waals surface area contributed by atoms with Crippen molar-refractivity contribution in [1.82, 2.24) is 10.3 Å². The summed E-state index contributed by atoms with van der Waals surface area (Å²) in [5.74, 6) is -0.210. The summed E-state index contributed by atoms with van der Waals surface area (Å²) in [6.07, 6.45) is 2.20. The summed E-state index contributed by atoms with van der Waals surface area (Å²) < 4.78 is 11.4. The van der Waals surface area contributed by atoms with E-state index in [1.165, 1.54) is 7.11 Å². The molecule has 5 rings (SSSR count). The van der Waals surface area contributed by atoms with Crippen molar-refractivity contribution in [2.75, 3.05) is 19.0 Å². The number of methoxy groups -OCH3 is 1. The van der Waals surface area contributed by atoms with Crippen LogP contribution in [0.3, 0.4) is 0 Å². The Bertz CT molecular complexity index is 1530. The number of benzene rings is 4. The van der Waals surface area contributed by atoms with Crippen LogP contribution in [0.4, 0.5) is 10.5 Å². The van der Waals surface area contributed by atoms with Crippen LogP contribution in [-0.4, -0.2) is 30.6 Å². The van der Waals surface area contributed by atoms with Crippen molar-refractivity contribution >= 4 is 28.6 Å². The van der Waals surface area contributed by atoms with Crippen molar-refractivity contribution in [3.8, 4) is 5.75 Å². The number of para-hydroxylation sites is 1. The molecule has 0 unspecified atom stereocenters. The molecule has 0 aliphatic carbocycles. The van der Waals surface area contributed by atoms with Crippen molar-refractivity contribution < 1.29 is 19.1 Å². The second-order valence-corrected chi connectivity index (χ2v) is 9.01. The lowest BCUT2D eigenvalue weighted by atomic mass is 10.0. The normalized spacial score (nSPS) is 10.8. The zero-order valence-corrected chi connectivity index (χ0v) is 21.5. The summed E-state index contributed by atoms with van der Waals surface area (Å²) in [6.45, 7) is 0.453. The Hall–Kier alpha value is -5.04. The summed E-state index contributed by atoms with van der Waals surface area (Å²) in [4.78, 5) is 28.6. The highest BCUT2D eigenvalue weighted by Gasteiger charge is 2.21. The number of fused-ring (bicyclic) bond motifs is 1. The van der Waals surface area contributed by atoms with Gasteiger partial charge in [0.25, 0.3) is 0 Å². The molecule has 7 nitrogen and oxygen atoms in total. The number of nitrogens with one attached hydrogen (secondary N) is 3. The molecule has 0 aliphatic heterocycles. The standard InChI is InChI=1S/C32H29N3O4/c1-38-31(36)27-20-25(35-32(37)33-19-18-24-21-34-28-15-9-8-14-26(24)28)16-17-29(27)39-30(22-10-4-2-5-11-22)23-12-6-3-7-13-23/h2-17,20-21,30,34H,18-19H2,1H3,(H2,33,35,37). The molecule has 0 atom stereocenters. The van der Waals surface area contributed by atoms with Crippen LogP contribution in [0.15, 0.2) is 109 Å². The Kier molecular flexibility index (Phi) is 7.88. The van der Waals surface area contributed by atoms with Crippen molar-refractivity contribution in [2.24, 2.45) is 0 Å². The van der Waals surface area contributed by atoms with Crippen LogP contribution >= 0.6 is 0 Å². The fourth-order valence-electron chi connectivity index (χ4n) is 4.52. The van der Waals surface area contributed by atoms with E-state index in [2.05, 4.69) is 21.7 Å². The molecule has 1 heterocycles. The number of esters is 1. The van der Waals surface area contributed by atoms with E-state index in [9.17, 15) is 9.59 Å². The number of urea groups is 1. The summed E-state index contributed by atoms with van der Waals surface area (Å²) in [5, 5.41) is 6.82. The van der Waals surface area contributed by atoms with E-state index in [0.29, 0.717) is 24.4 Å². The van der Waals surface area contributed by atoms with Crippen LogP contribution in [0.25, 0.3) is 10.9 Å². The SMILES string of the molecule is COC(=O)c1cc(NC(=O)NCCc2c[nH]c3ccccc23)ccc1OC(c1ccccc1)c1ccccc1. The molecule has 0 radical (unpaired) electrons. The summed E-state index contributed by atoms with van der Waals surface area (Å²) in [5.41, 5.74) is 4.74. The average Bonchev–Trinajstić information content (AvgIpc) is 3.40. The molecule has 1 aromatic heterocycles. The number of aromatic amines is 1. The van der Waals surface area contributed by atoms with Crippen LogP contribution in [0, 0.1) is 0 Å². The lowest BCUT2D eigenvalue weighted by Crippen LogP contribution is -2.30. The van der Waals surface area contributed by atoms with E-state index >= 15 is 0 Å². The molecule has 0 bridgehead atoms. The maximum Gasteiger partial charge on any atom is 0.341 e. The molecule has 0 spiro atoms. The second-order valence-electron chi connectivity index (χ2n) is 9.01. The zero-order valence-electron chi connectivity index (χ0n) is 21.5. The summed E-state index contributed by atoms with van der Waals surface area (Å²) in [7, 11) is 1.31. The first kappa shape index (κ1) is 25.6. The minimum atomic E-state index is -0.562. The smallest absolute Gasteiger partial charge is 0.341 e. The first-order valence-electron chi connectivity index (χ1n) is 12.7. The third-order valence-corrected chi connectivity index (χ3v) is 6.45. The number of ether oxygens (including phenoxy) is 2. The third-order valence-electron chi connectivity index (χ3n) is 6.45. The van der Waals surface area contributed by atoms with Gasteiger partial charge in [0.1, 0.15) is 17.4 Å². The topological polar surface area (TPSA) is 92.5 Å². The molecule has 39 heavy (non-hydrogen) atoms. The Morgan fingerprint density at radius 1 is 0.846 bits per heavy atom. The number of hydrogen-bond acceptors (Lipinski definition) is 4. The van der Waals surface area contributed by atoms with Crippen molar-refractivity contribution in [2.45, 2.75) is 12.5 Å². The highest BCUT2D eigenvalue weighted by atomic mass is 16.5. The monoisotopic (exact) mass is 519 g/mol. The van der Waals surface area contributed by atoms with Gasteiger partial charge in [0.05, 0.1) is 7.11 Å². The number of hydrogen-bond donors (Lipinski definition) is 3. The van der Waals surface area contributed by atoms with E-state index in [-0.39, 0.29) is 11.6 Å². The van der Waals surface area contributed by atoms with Gasteiger partial charge in [0, 0.05) is 29.3 Å². The number of carbonyl (C=O) groups is 2. The van der Waals surface area contributed by atoms with Crippen LogP contribution in [0.2, 0.25) is 0 Å². The summed E-state index contributed by atoms with van der Waals surface area (Å²) >= 11 is 0. The summed E-state index contributed by atoms with van der Waals surface area (Å²) in [6, 6.07) is 32.2. The van der Waals surface area contributed by atoms with Gasteiger partial charge in [-0.3, -0.25) is 0 Å². The highest BCUT2D eigenvalue weighted by Crippen LogP contribution is 2.32. The fourth-order valence-corrected chi connectivity index (χ4v) is 4.52. The Labute approximate surface area is 226 Å². The van der Waals surface area contributed by atoms with Gasteiger partial charge in [-0.1, -0.05) is 78.9 Å². The van der Waals surface area contributed by atoms with E-state index in [4.69, 9.17) is 9.47 Å². The van der Waals surface area contributed by atoms with Crippen LogP contribution in [0.1, 0.15) is 33.2 Å². The minimum absolute atomic E-state index is 0.214. The largest absolute Gasteiger partial charge is 0.480 e. The molecule has 7 heteroatoms. The van der Waals surface area contributed by atoms with E-state index in [1.54, 1.807) is 18.2 Å². The van der Waals surface area contributed by atoms with Crippen LogP contribution in [0.5, 0.6) is 5.75 Å². The van der Waals surface area contributed by atoms with E-state index in [0.717, 1.165) is 27.6 Å². The van der Waals surface area contributed by atoms with Crippen molar-refractivity contribution in [3.63, 3.8) is 0 Å². The molecule has 0 saturated carbocycles. The van der Waals surface area contributed by atoms with Gasteiger partial charge in [-0.05, 0) is 47.4 Å². The van der Waals surface area contributed by atoms with E-state index < -0.39 is 12.1 Å². The molecule has 0 aliphatic rings. The van der Waals surface area contributed by atoms with Gasteiger partial charge in [-0.15, -0.1) is 0 Å². The van der Waals surface area contributed by atoms with Gasteiger partial charge in [0.2, 0.25) is 0 Å². The third kappa shape index (κ3) is 6.10. The molecule has 5 aromatic rings. The second kappa shape index (κ2) is 12.0. The lowest BCUT2D eigenvalue weighted by molar-refractivity contribution is 0.0594. The van der Waals surface area contributed by atoms with Gasteiger partial charge < -0.3 is 25.1 Å². The maximum absolute atomic E-state index is 12.7. The Morgan fingerprint density at radius 2 is 1.51 bits per heavy atom. The maximum atomic E-state index is 12.7. The fraction of sp³-hybridized carbons (Fsp3) is 0.125. The molecule has 4 aromatic carbocycles. The van der Waals surface area contributed by atoms with E-state index in [1.807, 2.05) is 85.1 Å². The average molecular weight is 520 g/mol. The zero-order chi connectivity index (χ0) is 27.0. The predicted molar refractivity (Wildman–Crippen MR) is 152 cm³/mol. The molecule has 0 saturated heterocycles. The molecule has 196 valence electrons. The molecule has 0 fully saturated rings. The van der Waals surface area contributed by atoms with Gasteiger partial charge in [-0.25, -0.2) is 9.59 Å².